The first-order valence-corrected chi connectivity index (χ1v) is 8.51. The molecule has 1 aromatic carbocycles. The second kappa shape index (κ2) is 9.37. The molecule has 138 valence electrons. The Labute approximate surface area is 149 Å². The van der Waals surface area contributed by atoms with Crippen molar-refractivity contribution in [1.82, 2.24) is 0 Å². The van der Waals surface area contributed by atoms with Gasteiger partial charge in [0, 0.05) is 24.7 Å². The van der Waals surface area contributed by atoms with E-state index in [1.165, 1.54) is 6.92 Å². The Morgan fingerprint density at radius 3 is 2.28 bits per heavy atom. The van der Waals surface area contributed by atoms with Gasteiger partial charge in [0.1, 0.15) is 11.5 Å². The van der Waals surface area contributed by atoms with Crippen molar-refractivity contribution in [1.29, 1.82) is 0 Å². The molecular weight excluding hydrogens is 320 g/mol. The molecule has 0 fully saturated rings. The van der Waals surface area contributed by atoms with E-state index in [0.717, 1.165) is 5.56 Å². The van der Waals surface area contributed by atoms with Gasteiger partial charge >= 0.3 is 11.9 Å². The number of rotatable bonds is 8. The number of esters is 2. The van der Waals surface area contributed by atoms with Crippen molar-refractivity contribution >= 4 is 11.9 Å². The maximum absolute atomic E-state index is 12.1. The molecule has 5 nitrogen and oxygen atoms in total. The highest BCUT2D eigenvalue weighted by Gasteiger charge is 2.24. The van der Waals surface area contributed by atoms with Crippen molar-refractivity contribution in [3.63, 3.8) is 0 Å². The van der Waals surface area contributed by atoms with Crippen molar-refractivity contribution in [2.45, 2.75) is 53.4 Å². The topological polar surface area (TPSA) is 72.8 Å². The van der Waals surface area contributed by atoms with E-state index < -0.39 is 11.9 Å². The van der Waals surface area contributed by atoms with Gasteiger partial charge in [-0.15, -0.1) is 0 Å². The second-order valence-electron chi connectivity index (χ2n) is 6.58. The minimum Gasteiger partial charge on any atom is -0.426 e. The molecule has 0 radical (unpaired) electrons. The highest BCUT2D eigenvalue weighted by molar-refractivity contribution is 5.89. The summed E-state index contributed by atoms with van der Waals surface area (Å²) < 4.78 is 10.9. The first-order valence-electron chi connectivity index (χ1n) is 8.51. The summed E-state index contributed by atoms with van der Waals surface area (Å²) >= 11 is 0. The van der Waals surface area contributed by atoms with Gasteiger partial charge in [0.05, 0.1) is 0 Å². The standard InChI is InChI=1S/C20H28O5/c1-12(2)14(5)16-9-10-18(24-15(6)22)17(8-7-11-21)19(16)25-20(23)13(3)4/h9-10,12,14,21H,3,7-8,11H2,1-2,4-6H3. The number of hydrogen-bond acceptors (Lipinski definition) is 5. The number of ether oxygens (including phenoxy) is 2. The lowest BCUT2D eigenvalue weighted by molar-refractivity contribution is -0.132. The van der Waals surface area contributed by atoms with Crippen molar-refractivity contribution in [3.05, 3.63) is 35.4 Å². The SMILES string of the molecule is C=C(C)C(=O)Oc1c(C(C)C(C)C)ccc(OC(C)=O)c1CCCO. The van der Waals surface area contributed by atoms with Crippen LogP contribution in [0.5, 0.6) is 11.5 Å². The zero-order valence-corrected chi connectivity index (χ0v) is 15.7. The maximum atomic E-state index is 12.1. The highest BCUT2D eigenvalue weighted by Crippen LogP contribution is 2.40. The molecule has 0 saturated carbocycles. The van der Waals surface area contributed by atoms with Crippen LogP contribution >= 0.6 is 0 Å². The molecule has 1 rings (SSSR count). The molecule has 1 aromatic rings. The molecule has 0 aliphatic carbocycles. The van der Waals surface area contributed by atoms with Gasteiger partial charge in [0.15, 0.2) is 0 Å². The summed E-state index contributed by atoms with van der Waals surface area (Å²) in [5, 5.41) is 9.20. The van der Waals surface area contributed by atoms with Gasteiger partial charge in [-0.2, -0.15) is 0 Å². The number of carbonyl (C=O) groups is 2. The van der Waals surface area contributed by atoms with Crippen molar-refractivity contribution < 1.29 is 24.2 Å². The molecule has 0 amide bonds. The van der Waals surface area contributed by atoms with Gasteiger partial charge < -0.3 is 14.6 Å². The third-order valence-electron chi connectivity index (χ3n) is 4.12. The molecule has 0 bridgehead atoms. The van der Waals surface area contributed by atoms with Crippen molar-refractivity contribution in [3.8, 4) is 11.5 Å². The summed E-state index contributed by atoms with van der Waals surface area (Å²) in [7, 11) is 0. The molecule has 1 atom stereocenters. The van der Waals surface area contributed by atoms with Crippen molar-refractivity contribution in [2.75, 3.05) is 6.61 Å². The molecule has 0 aliphatic rings. The average molecular weight is 348 g/mol. The molecule has 1 N–H and O–H groups in total. The fraction of sp³-hybridized carbons (Fsp3) is 0.500. The van der Waals surface area contributed by atoms with Crippen LogP contribution in [-0.4, -0.2) is 23.7 Å². The van der Waals surface area contributed by atoms with E-state index in [2.05, 4.69) is 27.4 Å². The number of hydrogen-bond donors (Lipinski definition) is 1. The lowest BCUT2D eigenvalue weighted by Gasteiger charge is -2.23. The van der Waals surface area contributed by atoms with E-state index in [1.54, 1.807) is 13.0 Å². The molecule has 0 spiro atoms. The zero-order valence-electron chi connectivity index (χ0n) is 15.7. The van der Waals surface area contributed by atoms with E-state index in [-0.39, 0.29) is 18.1 Å². The summed E-state index contributed by atoms with van der Waals surface area (Å²) in [6.07, 6.45) is 0.891. The number of carbonyl (C=O) groups excluding carboxylic acids is 2. The zero-order chi connectivity index (χ0) is 19.1. The van der Waals surface area contributed by atoms with E-state index in [1.807, 2.05) is 6.07 Å². The van der Waals surface area contributed by atoms with Crippen LogP contribution in [0.4, 0.5) is 0 Å². The first-order chi connectivity index (χ1) is 11.7. The Hall–Kier alpha value is -2.14. The third-order valence-corrected chi connectivity index (χ3v) is 4.12. The van der Waals surface area contributed by atoms with E-state index in [0.29, 0.717) is 35.8 Å². The fourth-order valence-corrected chi connectivity index (χ4v) is 2.39. The maximum Gasteiger partial charge on any atom is 0.338 e. The summed E-state index contributed by atoms with van der Waals surface area (Å²) in [5.74, 6) is 0.237. The lowest BCUT2D eigenvalue weighted by atomic mass is 9.87. The molecule has 5 heteroatoms. The minimum atomic E-state index is -0.526. The number of benzene rings is 1. The predicted molar refractivity (Wildman–Crippen MR) is 96.9 cm³/mol. The van der Waals surface area contributed by atoms with Crippen LogP contribution in [-0.2, 0) is 16.0 Å². The van der Waals surface area contributed by atoms with Gasteiger partial charge in [-0.25, -0.2) is 4.79 Å². The largest absolute Gasteiger partial charge is 0.426 e. The average Bonchev–Trinajstić information content (AvgIpc) is 2.52. The van der Waals surface area contributed by atoms with Crippen molar-refractivity contribution in [2.24, 2.45) is 5.92 Å². The van der Waals surface area contributed by atoms with Crippen LogP contribution < -0.4 is 9.47 Å². The normalized spacial score (nSPS) is 12.0. The van der Waals surface area contributed by atoms with Gasteiger partial charge in [0.25, 0.3) is 0 Å². The van der Waals surface area contributed by atoms with Crippen LogP contribution in [0.2, 0.25) is 0 Å². The van der Waals surface area contributed by atoms with Gasteiger partial charge in [-0.05, 0) is 43.2 Å². The summed E-state index contributed by atoms with van der Waals surface area (Å²) in [6, 6.07) is 3.55. The monoisotopic (exact) mass is 348 g/mol. The Bertz CT molecular complexity index is 646. The molecule has 0 aliphatic heterocycles. The van der Waals surface area contributed by atoms with Crippen LogP contribution in [0.3, 0.4) is 0 Å². The number of aliphatic hydroxyl groups is 1. The second-order valence-corrected chi connectivity index (χ2v) is 6.58. The fourth-order valence-electron chi connectivity index (χ4n) is 2.39. The first kappa shape index (κ1) is 20.9. The van der Waals surface area contributed by atoms with E-state index in [4.69, 9.17) is 9.47 Å². The summed E-state index contributed by atoms with van der Waals surface area (Å²) in [6.45, 7) is 12.7. The molecule has 0 saturated heterocycles. The van der Waals surface area contributed by atoms with Crippen LogP contribution in [0.15, 0.2) is 24.3 Å². The van der Waals surface area contributed by atoms with E-state index in [9.17, 15) is 14.7 Å². The lowest BCUT2D eigenvalue weighted by Crippen LogP contribution is -2.15. The smallest absolute Gasteiger partial charge is 0.338 e. The molecule has 0 heterocycles. The molecular formula is C20H28O5. The Morgan fingerprint density at radius 1 is 1.16 bits per heavy atom. The van der Waals surface area contributed by atoms with Crippen LogP contribution in [0.1, 0.15) is 58.1 Å². The van der Waals surface area contributed by atoms with Crippen LogP contribution in [0, 0.1) is 5.92 Å². The predicted octanol–water partition coefficient (Wildman–Crippen LogP) is 3.78. The number of aliphatic hydroxyl groups excluding tert-OH is 1. The minimum absolute atomic E-state index is 0.0165. The Kier molecular flexibility index (Phi) is 7.84. The Morgan fingerprint density at radius 2 is 1.80 bits per heavy atom. The summed E-state index contributed by atoms with van der Waals surface area (Å²) in [5.41, 5.74) is 1.77. The third kappa shape index (κ3) is 5.71. The summed E-state index contributed by atoms with van der Waals surface area (Å²) in [4.78, 5) is 23.6. The molecule has 25 heavy (non-hydrogen) atoms. The van der Waals surface area contributed by atoms with Crippen LogP contribution in [0.25, 0.3) is 0 Å². The quantitative estimate of drug-likeness (QED) is 0.440. The Balaban J connectivity index is 3.53. The van der Waals surface area contributed by atoms with E-state index >= 15 is 0 Å². The van der Waals surface area contributed by atoms with Gasteiger partial charge in [-0.3, -0.25) is 4.79 Å². The molecule has 1 unspecified atom stereocenters. The highest BCUT2D eigenvalue weighted by atomic mass is 16.5. The van der Waals surface area contributed by atoms with Gasteiger partial charge in [-0.1, -0.05) is 33.4 Å². The van der Waals surface area contributed by atoms with Gasteiger partial charge in [0.2, 0.25) is 0 Å². The molecule has 0 aromatic heterocycles.